The molecule has 3 heterocycles. The Morgan fingerprint density at radius 2 is 2.10 bits per heavy atom. The van der Waals surface area contributed by atoms with Crippen LogP contribution < -0.4 is 10.5 Å². The Morgan fingerprint density at radius 1 is 1.26 bits per heavy atom. The lowest BCUT2D eigenvalue weighted by Crippen LogP contribution is -2.42. The maximum absolute atomic E-state index is 14.3. The lowest BCUT2D eigenvalue weighted by Gasteiger charge is -2.37. The minimum absolute atomic E-state index is 0.133. The summed E-state index contributed by atoms with van der Waals surface area (Å²) in [5, 5.41) is 0. The van der Waals surface area contributed by atoms with Crippen LogP contribution in [0.2, 0.25) is 0 Å². The minimum Gasteiger partial charge on any atom is -0.481 e. The molecule has 1 amide bonds. The summed E-state index contributed by atoms with van der Waals surface area (Å²) in [5.41, 5.74) is 9.61. The molecule has 0 saturated heterocycles. The summed E-state index contributed by atoms with van der Waals surface area (Å²) in [4.78, 5) is 28.3. The molecule has 1 aliphatic heterocycles. The number of fused-ring (bicyclic) bond motifs is 1. The number of aryl methyl sites for hydroxylation is 1. The third kappa shape index (κ3) is 3.98. The number of carbonyl (C=O) groups is 1. The average Bonchev–Trinajstić information content (AvgIpc) is 2.78. The van der Waals surface area contributed by atoms with Crippen molar-refractivity contribution in [2.45, 2.75) is 25.8 Å². The fourth-order valence-electron chi connectivity index (χ4n) is 4.05. The molecule has 2 aromatic heterocycles. The molecule has 4 rings (SSSR count). The lowest BCUT2D eigenvalue weighted by atomic mass is 9.88. The number of nitrogens with two attached hydrogens (primary N) is 1. The summed E-state index contributed by atoms with van der Waals surface area (Å²) in [6, 6.07) is 9.59. The zero-order valence-corrected chi connectivity index (χ0v) is 17.5. The van der Waals surface area contributed by atoms with E-state index in [0.29, 0.717) is 60.0 Å². The highest BCUT2D eigenvalue weighted by Crippen LogP contribution is 2.38. The van der Waals surface area contributed by atoms with Crippen molar-refractivity contribution in [3.05, 3.63) is 71.1 Å². The van der Waals surface area contributed by atoms with Crippen LogP contribution in [0.5, 0.6) is 5.88 Å². The molecule has 2 N–H and O–H groups in total. The highest BCUT2D eigenvalue weighted by Gasteiger charge is 2.36. The summed E-state index contributed by atoms with van der Waals surface area (Å²) < 4.78 is 19.5. The summed E-state index contributed by atoms with van der Waals surface area (Å²) in [6.07, 6.45) is 2.62. The van der Waals surface area contributed by atoms with Crippen molar-refractivity contribution in [1.29, 1.82) is 0 Å². The van der Waals surface area contributed by atoms with Crippen molar-refractivity contribution in [3.8, 4) is 17.1 Å². The van der Waals surface area contributed by atoms with Gasteiger partial charge in [-0.1, -0.05) is 12.1 Å². The average molecular weight is 421 g/mol. The largest absolute Gasteiger partial charge is 0.481 e. The second-order valence-electron chi connectivity index (χ2n) is 7.44. The minimum atomic E-state index is -0.377. The molecule has 1 aromatic carbocycles. The van der Waals surface area contributed by atoms with Gasteiger partial charge in [0.2, 0.25) is 5.88 Å². The van der Waals surface area contributed by atoms with Crippen molar-refractivity contribution < 1.29 is 13.9 Å². The fourth-order valence-corrected chi connectivity index (χ4v) is 4.05. The van der Waals surface area contributed by atoms with Gasteiger partial charge in [-0.25, -0.2) is 19.3 Å². The van der Waals surface area contributed by atoms with Crippen LogP contribution in [0.15, 0.2) is 42.7 Å². The predicted molar refractivity (Wildman–Crippen MR) is 114 cm³/mol. The second kappa shape index (κ2) is 8.77. The number of ether oxygens (including phenoxy) is 1. The van der Waals surface area contributed by atoms with Crippen LogP contribution in [0.3, 0.4) is 0 Å². The number of pyridine rings is 1. The van der Waals surface area contributed by atoms with Crippen LogP contribution in [0.4, 0.5) is 4.39 Å². The number of rotatable bonds is 6. The summed E-state index contributed by atoms with van der Waals surface area (Å²) in [6.45, 7) is 2.75. The number of hydrogen-bond acceptors (Lipinski definition) is 6. The Hall–Kier alpha value is -3.39. The van der Waals surface area contributed by atoms with Crippen LogP contribution in [0.1, 0.15) is 39.8 Å². The number of methoxy groups -OCH3 is 1. The van der Waals surface area contributed by atoms with Gasteiger partial charge < -0.3 is 15.4 Å². The molecule has 3 aromatic rings. The van der Waals surface area contributed by atoms with Gasteiger partial charge in [0.25, 0.3) is 5.91 Å². The maximum Gasteiger partial charge on any atom is 0.258 e. The van der Waals surface area contributed by atoms with E-state index in [1.807, 2.05) is 6.92 Å². The molecule has 0 fully saturated rings. The first-order valence-electron chi connectivity index (χ1n) is 10.2. The molecule has 0 aliphatic carbocycles. The third-order valence-electron chi connectivity index (χ3n) is 5.54. The van der Waals surface area contributed by atoms with E-state index in [2.05, 4.69) is 15.0 Å². The van der Waals surface area contributed by atoms with Gasteiger partial charge in [0.1, 0.15) is 12.1 Å². The topological polar surface area (TPSA) is 94.2 Å². The molecule has 0 bridgehead atoms. The van der Waals surface area contributed by atoms with Gasteiger partial charge in [0, 0.05) is 24.6 Å². The van der Waals surface area contributed by atoms with E-state index in [4.69, 9.17) is 10.5 Å². The van der Waals surface area contributed by atoms with E-state index in [-0.39, 0.29) is 17.8 Å². The number of benzene rings is 1. The lowest BCUT2D eigenvalue weighted by molar-refractivity contribution is 0.0642. The molecule has 0 saturated carbocycles. The van der Waals surface area contributed by atoms with Gasteiger partial charge in [0.15, 0.2) is 0 Å². The third-order valence-corrected chi connectivity index (χ3v) is 5.54. The molecule has 0 radical (unpaired) electrons. The number of aromatic nitrogens is 3. The fraction of sp³-hybridized carbons (Fsp3) is 0.304. The highest BCUT2D eigenvalue weighted by molar-refractivity contribution is 5.97. The summed E-state index contributed by atoms with van der Waals surface area (Å²) >= 11 is 0. The zero-order valence-electron chi connectivity index (χ0n) is 17.5. The van der Waals surface area contributed by atoms with Crippen molar-refractivity contribution in [2.75, 3.05) is 20.2 Å². The molecular formula is C23H24FN5O2. The van der Waals surface area contributed by atoms with Crippen LogP contribution in [-0.2, 0) is 6.42 Å². The molecule has 1 unspecified atom stereocenters. The number of carbonyl (C=O) groups excluding carboxylic acids is 1. The van der Waals surface area contributed by atoms with Gasteiger partial charge in [-0.05, 0) is 43.7 Å². The highest BCUT2D eigenvalue weighted by atomic mass is 19.1. The molecule has 8 heteroatoms. The number of halogens is 1. The molecule has 160 valence electrons. The maximum atomic E-state index is 14.3. The number of amides is 1. The van der Waals surface area contributed by atoms with Crippen LogP contribution in [0, 0.1) is 12.7 Å². The van der Waals surface area contributed by atoms with Crippen molar-refractivity contribution in [1.82, 2.24) is 19.9 Å². The quantitative estimate of drug-likeness (QED) is 0.657. The van der Waals surface area contributed by atoms with Gasteiger partial charge in [-0.3, -0.25) is 4.79 Å². The Labute approximate surface area is 180 Å². The van der Waals surface area contributed by atoms with Crippen LogP contribution in [-0.4, -0.2) is 46.0 Å². The molecular weight excluding hydrogens is 397 g/mol. The Bertz CT molecular complexity index is 1120. The van der Waals surface area contributed by atoms with Gasteiger partial charge >= 0.3 is 0 Å². The van der Waals surface area contributed by atoms with E-state index in [1.165, 1.54) is 25.6 Å². The second-order valence-corrected chi connectivity index (χ2v) is 7.44. The van der Waals surface area contributed by atoms with Crippen LogP contribution >= 0.6 is 0 Å². The SMILES string of the molecule is COc1cccc(-c2cc(F)ccc2C2Cc3ncnc(C)c3C(=O)N2CCCN)n1. The standard InChI is InChI=1S/C23H24FN5O2/c1-14-22-19(27-13-26-14)12-20(29(23(22)30)10-4-9-25)16-8-7-15(24)11-17(16)18-5-3-6-21(28-18)31-2/h3,5-8,11,13,20H,4,9-10,12,25H2,1-2H3. The predicted octanol–water partition coefficient (Wildman–Crippen LogP) is 3.08. The Morgan fingerprint density at radius 3 is 2.87 bits per heavy atom. The monoisotopic (exact) mass is 421 g/mol. The van der Waals surface area contributed by atoms with E-state index >= 15 is 0 Å². The molecule has 1 aliphatic rings. The molecule has 0 spiro atoms. The number of nitrogens with zero attached hydrogens (tertiary/aromatic N) is 4. The van der Waals surface area contributed by atoms with E-state index in [0.717, 1.165) is 5.56 Å². The zero-order chi connectivity index (χ0) is 22.0. The number of hydrogen-bond donors (Lipinski definition) is 1. The Kier molecular flexibility index (Phi) is 5.90. The first kappa shape index (κ1) is 20.9. The van der Waals surface area contributed by atoms with Crippen LogP contribution in [0.25, 0.3) is 11.3 Å². The first-order chi connectivity index (χ1) is 15.0. The molecule has 1 atom stereocenters. The smallest absolute Gasteiger partial charge is 0.258 e. The van der Waals surface area contributed by atoms with Gasteiger partial charge in [-0.2, -0.15) is 0 Å². The van der Waals surface area contributed by atoms with Gasteiger partial charge in [-0.15, -0.1) is 0 Å². The summed E-state index contributed by atoms with van der Waals surface area (Å²) in [5.74, 6) is -0.0783. The first-order valence-corrected chi connectivity index (χ1v) is 10.2. The normalized spacial score (nSPS) is 15.7. The Balaban J connectivity index is 1.86. The summed E-state index contributed by atoms with van der Waals surface area (Å²) in [7, 11) is 1.53. The molecule has 7 nitrogen and oxygen atoms in total. The van der Waals surface area contributed by atoms with Crippen molar-refractivity contribution in [3.63, 3.8) is 0 Å². The van der Waals surface area contributed by atoms with Gasteiger partial charge in [0.05, 0.1) is 35.8 Å². The van der Waals surface area contributed by atoms with E-state index in [9.17, 15) is 9.18 Å². The van der Waals surface area contributed by atoms with Crippen molar-refractivity contribution in [2.24, 2.45) is 5.73 Å². The van der Waals surface area contributed by atoms with Crippen molar-refractivity contribution >= 4 is 5.91 Å². The van der Waals surface area contributed by atoms with E-state index in [1.54, 1.807) is 29.2 Å². The van der Waals surface area contributed by atoms with E-state index < -0.39 is 0 Å². The molecule has 31 heavy (non-hydrogen) atoms.